The highest BCUT2D eigenvalue weighted by Crippen LogP contribution is 2.41. The summed E-state index contributed by atoms with van der Waals surface area (Å²) in [7, 11) is 0. The van der Waals surface area contributed by atoms with Gasteiger partial charge >= 0.3 is 0 Å². The van der Waals surface area contributed by atoms with Gasteiger partial charge in [0.1, 0.15) is 5.75 Å². The van der Waals surface area contributed by atoms with Gasteiger partial charge in [0, 0.05) is 15.8 Å². The molecule has 0 saturated carbocycles. The minimum absolute atomic E-state index is 0.459. The van der Waals surface area contributed by atoms with Crippen molar-refractivity contribution in [1.82, 2.24) is 5.32 Å². The Labute approximate surface area is 203 Å². The van der Waals surface area contributed by atoms with Crippen LogP contribution in [-0.4, -0.2) is 13.2 Å². The minimum atomic E-state index is 0.459. The molecule has 172 valence electrons. The summed E-state index contributed by atoms with van der Waals surface area (Å²) in [6, 6.07) is 25.2. The van der Waals surface area contributed by atoms with Crippen molar-refractivity contribution in [2.75, 3.05) is 13.2 Å². The number of hydrogen-bond donors (Lipinski definition) is 1. The topological polar surface area (TPSA) is 21.3 Å². The van der Waals surface area contributed by atoms with Crippen LogP contribution >= 0.6 is 11.8 Å². The predicted octanol–water partition coefficient (Wildman–Crippen LogP) is 7.71. The molecule has 2 atom stereocenters. The van der Waals surface area contributed by atoms with Crippen LogP contribution in [0.4, 0.5) is 0 Å². The lowest BCUT2D eigenvalue weighted by Gasteiger charge is -2.28. The molecule has 3 aromatic rings. The van der Waals surface area contributed by atoms with Crippen LogP contribution in [0.3, 0.4) is 0 Å². The lowest BCUT2D eigenvalue weighted by Crippen LogP contribution is -2.26. The standard InChI is InChI=1S/C30H35NOS/c1-2-32-25-19-18-23-10-7-13-28(27(23)21-25)31-20-8-11-22-16-17-24-9-3-5-14-29(24)33-30-15-6-4-12-26(22)30/h3-6,9,12,14-15,18-19,21-22,28,31H,2,7-8,10-11,13,16-17,20H2,1H3. The normalized spacial score (nSPS) is 19.5. The third-order valence-corrected chi connectivity index (χ3v) is 8.39. The molecular formula is C30H35NOS. The van der Waals surface area contributed by atoms with E-state index in [4.69, 9.17) is 4.74 Å². The fourth-order valence-electron chi connectivity index (χ4n) is 5.49. The van der Waals surface area contributed by atoms with E-state index in [1.165, 1.54) is 71.4 Å². The number of rotatable bonds is 7. The Morgan fingerprint density at radius 1 is 0.879 bits per heavy atom. The zero-order valence-electron chi connectivity index (χ0n) is 19.7. The van der Waals surface area contributed by atoms with Crippen LogP contribution in [-0.2, 0) is 12.8 Å². The molecule has 5 rings (SSSR count). The zero-order valence-corrected chi connectivity index (χ0v) is 20.5. The molecule has 0 spiro atoms. The smallest absolute Gasteiger partial charge is 0.119 e. The molecule has 2 nitrogen and oxygen atoms in total. The van der Waals surface area contributed by atoms with Gasteiger partial charge in [-0.25, -0.2) is 0 Å². The maximum absolute atomic E-state index is 5.78. The van der Waals surface area contributed by atoms with E-state index in [9.17, 15) is 0 Å². The summed E-state index contributed by atoms with van der Waals surface area (Å²) in [5, 5.41) is 3.89. The van der Waals surface area contributed by atoms with Crippen LogP contribution in [0.2, 0.25) is 0 Å². The maximum Gasteiger partial charge on any atom is 0.119 e. The van der Waals surface area contributed by atoms with Crippen molar-refractivity contribution in [3.05, 3.63) is 89.0 Å². The highest BCUT2D eigenvalue weighted by atomic mass is 32.2. The molecule has 0 bridgehead atoms. The van der Waals surface area contributed by atoms with E-state index in [-0.39, 0.29) is 0 Å². The van der Waals surface area contributed by atoms with Gasteiger partial charge in [0.2, 0.25) is 0 Å². The highest BCUT2D eigenvalue weighted by Gasteiger charge is 2.22. The summed E-state index contributed by atoms with van der Waals surface area (Å²) in [5.41, 5.74) is 5.99. The van der Waals surface area contributed by atoms with Gasteiger partial charge in [0.25, 0.3) is 0 Å². The average molecular weight is 458 g/mol. The molecule has 2 aliphatic rings. The van der Waals surface area contributed by atoms with Crippen LogP contribution in [0.5, 0.6) is 5.75 Å². The van der Waals surface area contributed by atoms with Crippen molar-refractivity contribution < 1.29 is 4.74 Å². The van der Waals surface area contributed by atoms with Crippen LogP contribution < -0.4 is 10.1 Å². The van der Waals surface area contributed by atoms with Crippen LogP contribution in [0, 0.1) is 0 Å². The van der Waals surface area contributed by atoms with Crippen molar-refractivity contribution in [2.24, 2.45) is 0 Å². The summed E-state index contributed by atoms with van der Waals surface area (Å²) in [6.45, 7) is 3.85. The quantitative estimate of drug-likeness (QED) is 0.367. The van der Waals surface area contributed by atoms with Gasteiger partial charge in [-0.3, -0.25) is 0 Å². The first kappa shape index (κ1) is 22.6. The van der Waals surface area contributed by atoms with Crippen LogP contribution in [0.15, 0.2) is 76.5 Å². The first-order chi connectivity index (χ1) is 16.3. The third kappa shape index (κ3) is 5.31. The van der Waals surface area contributed by atoms with E-state index < -0.39 is 0 Å². The second kappa shape index (κ2) is 10.8. The zero-order chi connectivity index (χ0) is 22.5. The summed E-state index contributed by atoms with van der Waals surface area (Å²) in [4.78, 5) is 2.86. The number of fused-ring (bicyclic) bond motifs is 3. The van der Waals surface area contributed by atoms with Gasteiger partial charge < -0.3 is 10.1 Å². The molecule has 0 aromatic heterocycles. The van der Waals surface area contributed by atoms with E-state index >= 15 is 0 Å². The van der Waals surface area contributed by atoms with Crippen molar-refractivity contribution >= 4 is 11.8 Å². The van der Waals surface area contributed by atoms with E-state index in [0.717, 1.165) is 18.9 Å². The number of aryl methyl sites for hydroxylation is 2. The first-order valence-corrected chi connectivity index (χ1v) is 13.5. The third-order valence-electron chi connectivity index (χ3n) is 7.18. The summed E-state index contributed by atoms with van der Waals surface area (Å²) in [5.74, 6) is 1.64. The number of hydrogen-bond acceptors (Lipinski definition) is 3. The Bertz CT molecular complexity index is 1080. The van der Waals surface area contributed by atoms with Crippen LogP contribution in [0.1, 0.15) is 73.2 Å². The monoisotopic (exact) mass is 457 g/mol. The number of ether oxygens (including phenoxy) is 1. The predicted molar refractivity (Wildman–Crippen MR) is 139 cm³/mol. The Morgan fingerprint density at radius 2 is 1.73 bits per heavy atom. The van der Waals surface area contributed by atoms with Gasteiger partial charge in [-0.2, -0.15) is 0 Å². The molecule has 2 unspecified atom stereocenters. The fraction of sp³-hybridized carbons (Fsp3) is 0.400. The van der Waals surface area contributed by atoms with Crippen molar-refractivity contribution in [3.63, 3.8) is 0 Å². The molecule has 0 amide bonds. The van der Waals surface area contributed by atoms with Crippen molar-refractivity contribution in [1.29, 1.82) is 0 Å². The average Bonchev–Trinajstić information content (AvgIpc) is 2.84. The lowest BCUT2D eigenvalue weighted by molar-refractivity contribution is 0.338. The van der Waals surface area contributed by atoms with Gasteiger partial charge in [-0.15, -0.1) is 0 Å². The summed E-state index contributed by atoms with van der Waals surface area (Å²) >= 11 is 1.95. The minimum Gasteiger partial charge on any atom is -0.494 e. The van der Waals surface area contributed by atoms with Gasteiger partial charge in [-0.1, -0.05) is 54.2 Å². The van der Waals surface area contributed by atoms with E-state index in [2.05, 4.69) is 79.0 Å². The largest absolute Gasteiger partial charge is 0.494 e. The first-order valence-electron chi connectivity index (χ1n) is 12.7. The molecule has 1 aliphatic carbocycles. The number of benzene rings is 3. The second-order valence-electron chi connectivity index (χ2n) is 9.32. The van der Waals surface area contributed by atoms with E-state index in [1.807, 2.05) is 11.8 Å². The molecule has 3 heteroatoms. The molecule has 3 aromatic carbocycles. The maximum atomic E-state index is 5.78. The van der Waals surface area contributed by atoms with Gasteiger partial charge in [0.05, 0.1) is 6.61 Å². The van der Waals surface area contributed by atoms with Gasteiger partial charge in [0.15, 0.2) is 0 Å². The molecule has 1 aliphatic heterocycles. The Hall–Kier alpha value is -2.23. The highest BCUT2D eigenvalue weighted by molar-refractivity contribution is 7.99. The molecular weight excluding hydrogens is 422 g/mol. The molecule has 1 N–H and O–H groups in total. The Balaban J connectivity index is 1.23. The van der Waals surface area contributed by atoms with E-state index in [1.54, 1.807) is 5.56 Å². The lowest BCUT2D eigenvalue weighted by atomic mass is 9.86. The van der Waals surface area contributed by atoms with Gasteiger partial charge in [-0.05, 0) is 111 Å². The molecule has 1 heterocycles. The molecule has 0 saturated heterocycles. The van der Waals surface area contributed by atoms with E-state index in [0.29, 0.717) is 12.0 Å². The SMILES string of the molecule is CCOc1ccc2c(c1)C(NCCCC1CCc3ccccc3Sc3ccccc31)CCC2. The summed E-state index contributed by atoms with van der Waals surface area (Å²) in [6.07, 6.45) is 8.55. The Kier molecular flexibility index (Phi) is 7.38. The van der Waals surface area contributed by atoms with Crippen molar-refractivity contribution in [3.8, 4) is 5.75 Å². The summed E-state index contributed by atoms with van der Waals surface area (Å²) < 4.78 is 5.78. The van der Waals surface area contributed by atoms with Crippen LogP contribution in [0.25, 0.3) is 0 Å². The molecule has 0 fully saturated rings. The second-order valence-corrected chi connectivity index (χ2v) is 10.4. The number of nitrogens with one attached hydrogen (secondary N) is 1. The Morgan fingerprint density at radius 3 is 2.64 bits per heavy atom. The fourth-order valence-corrected chi connectivity index (χ4v) is 6.68. The molecule has 33 heavy (non-hydrogen) atoms. The van der Waals surface area contributed by atoms with Crippen molar-refractivity contribution in [2.45, 2.75) is 73.6 Å². The molecule has 0 radical (unpaired) electrons.